The van der Waals surface area contributed by atoms with E-state index in [4.69, 9.17) is 0 Å². The largest absolute Gasteiger partial charge is 0.273 e. The van der Waals surface area contributed by atoms with Crippen molar-refractivity contribution < 1.29 is 4.79 Å². The fraction of sp³-hybridized carbons (Fsp3) is 0.433. The van der Waals surface area contributed by atoms with Crippen LogP contribution in [0.4, 0.5) is 0 Å². The molecule has 1 aromatic carbocycles. The van der Waals surface area contributed by atoms with Crippen LogP contribution in [0.3, 0.4) is 0 Å². The summed E-state index contributed by atoms with van der Waals surface area (Å²) in [6.45, 7) is 6.35. The summed E-state index contributed by atoms with van der Waals surface area (Å²) in [5.41, 5.74) is 4.48. The van der Waals surface area contributed by atoms with Crippen LogP contribution in [0, 0.1) is 23.2 Å². The monoisotopic (exact) mass is 494 g/mol. The summed E-state index contributed by atoms with van der Waals surface area (Å²) in [4.78, 5) is 22.5. The van der Waals surface area contributed by atoms with Crippen molar-refractivity contribution in [2.24, 2.45) is 11.8 Å². The van der Waals surface area contributed by atoms with E-state index in [1.807, 2.05) is 30.1 Å². The van der Waals surface area contributed by atoms with Crippen LogP contribution in [0.25, 0.3) is 22.3 Å². The Morgan fingerprint density at radius 2 is 1.86 bits per heavy atom. The van der Waals surface area contributed by atoms with Crippen molar-refractivity contribution in [2.75, 3.05) is 0 Å². The number of benzene rings is 1. The molecule has 3 heterocycles. The summed E-state index contributed by atoms with van der Waals surface area (Å²) in [5.74, 6) is 0.750. The predicted molar refractivity (Wildman–Crippen MR) is 144 cm³/mol. The standard InChI is InChI=1S/C30H34N6O/c1-20(2)16-22-8-10-23(11-9-22)21(3)30(37)35-15-13-26-28(32-19-33-29(26)35)25-17-34-36(18-25)27(12-14-31)24-6-4-5-7-24/h8-11,13,15,17-21,24,27H,4-7,12,16H2,1-3H3. The van der Waals surface area contributed by atoms with Gasteiger partial charge in [0.05, 0.1) is 36.3 Å². The van der Waals surface area contributed by atoms with E-state index in [0.29, 0.717) is 23.9 Å². The minimum absolute atomic E-state index is 0.0257. The van der Waals surface area contributed by atoms with E-state index in [-0.39, 0.29) is 17.9 Å². The molecule has 1 fully saturated rings. The van der Waals surface area contributed by atoms with E-state index in [1.165, 1.54) is 24.7 Å². The molecule has 7 nitrogen and oxygen atoms in total. The van der Waals surface area contributed by atoms with E-state index in [1.54, 1.807) is 10.8 Å². The molecule has 1 aliphatic rings. The summed E-state index contributed by atoms with van der Waals surface area (Å²) in [6.07, 6.45) is 13.3. The maximum Gasteiger partial charge on any atom is 0.239 e. The number of carbonyl (C=O) groups excluding carboxylic acids is 1. The summed E-state index contributed by atoms with van der Waals surface area (Å²) in [7, 11) is 0. The fourth-order valence-corrected chi connectivity index (χ4v) is 5.68. The molecule has 3 aromatic heterocycles. The second-order valence-corrected chi connectivity index (χ2v) is 10.7. The lowest BCUT2D eigenvalue weighted by Gasteiger charge is -2.21. The number of rotatable bonds is 8. The van der Waals surface area contributed by atoms with Gasteiger partial charge in [0, 0.05) is 23.3 Å². The summed E-state index contributed by atoms with van der Waals surface area (Å²) in [5, 5.41) is 14.8. The third-order valence-electron chi connectivity index (χ3n) is 7.67. The molecule has 1 saturated carbocycles. The van der Waals surface area contributed by atoms with Gasteiger partial charge in [0.1, 0.15) is 6.33 Å². The Labute approximate surface area is 218 Å². The molecule has 0 amide bonds. The maximum atomic E-state index is 13.5. The Morgan fingerprint density at radius 1 is 1.11 bits per heavy atom. The van der Waals surface area contributed by atoms with Gasteiger partial charge in [0.15, 0.2) is 5.65 Å². The van der Waals surface area contributed by atoms with Crippen molar-refractivity contribution in [1.29, 1.82) is 5.26 Å². The van der Waals surface area contributed by atoms with Crippen molar-refractivity contribution in [3.8, 4) is 17.3 Å². The first-order valence-corrected chi connectivity index (χ1v) is 13.3. The van der Waals surface area contributed by atoms with Gasteiger partial charge in [-0.3, -0.25) is 14.0 Å². The normalized spacial score (nSPS) is 15.8. The molecule has 5 rings (SSSR count). The molecule has 0 saturated heterocycles. The van der Waals surface area contributed by atoms with Gasteiger partial charge in [-0.2, -0.15) is 10.4 Å². The molecule has 1 aliphatic carbocycles. The quantitative estimate of drug-likeness (QED) is 0.276. The Hall–Kier alpha value is -3.79. The number of carbonyl (C=O) groups is 1. The highest BCUT2D eigenvalue weighted by atomic mass is 16.2. The number of nitrogens with zero attached hydrogens (tertiary/aromatic N) is 6. The van der Waals surface area contributed by atoms with Crippen LogP contribution < -0.4 is 0 Å². The maximum absolute atomic E-state index is 13.5. The van der Waals surface area contributed by atoms with Crippen LogP contribution >= 0.6 is 0 Å². The summed E-state index contributed by atoms with van der Waals surface area (Å²) in [6, 6.07) is 12.7. The van der Waals surface area contributed by atoms with Crippen molar-refractivity contribution in [1.82, 2.24) is 24.3 Å². The number of hydrogen-bond donors (Lipinski definition) is 0. The molecule has 2 atom stereocenters. The third-order valence-corrected chi connectivity index (χ3v) is 7.67. The summed E-state index contributed by atoms with van der Waals surface area (Å²) < 4.78 is 3.57. The van der Waals surface area contributed by atoms with Gasteiger partial charge in [-0.05, 0) is 55.2 Å². The Kier molecular flexibility index (Phi) is 7.18. The molecule has 0 radical (unpaired) electrons. The number of fused-ring (bicyclic) bond motifs is 1. The van der Waals surface area contributed by atoms with Gasteiger partial charge < -0.3 is 0 Å². The highest BCUT2D eigenvalue weighted by Crippen LogP contribution is 2.37. The topological polar surface area (TPSA) is 89.4 Å². The molecule has 37 heavy (non-hydrogen) atoms. The predicted octanol–water partition coefficient (Wildman–Crippen LogP) is 6.58. The highest BCUT2D eigenvalue weighted by molar-refractivity contribution is 5.98. The van der Waals surface area contributed by atoms with Gasteiger partial charge >= 0.3 is 0 Å². The first-order valence-electron chi connectivity index (χ1n) is 13.3. The average Bonchev–Trinajstić information content (AvgIpc) is 3.67. The molecule has 0 bridgehead atoms. The summed E-state index contributed by atoms with van der Waals surface area (Å²) >= 11 is 0. The molecule has 7 heteroatoms. The second-order valence-electron chi connectivity index (χ2n) is 10.7. The minimum Gasteiger partial charge on any atom is -0.273 e. The number of aromatic nitrogens is 5. The average molecular weight is 495 g/mol. The molecule has 0 aliphatic heterocycles. The van der Waals surface area contributed by atoms with E-state index in [2.05, 4.69) is 59.2 Å². The van der Waals surface area contributed by atoms with Gasteiger partial charge in [0.25, 0.3) is 0 Å². The van der Waals surface area contributed by atoms with E-state index in [0.717, 1.165) is 41.5 Å². The molecule has 0 N–H and O–H groups in total. The molecule has 190 valence electrons. The minimum atomic E-state index is -0.303. The van der Waals surface area contributed by atoms with Crippen LogP contribution in [0.5, 0.6) is 0 Å². The number of nitriles is 1. The SMILES string of the molecule is CC(C)Cc1ccc(C(C)C(=O)n2ccc3c(-c4cnn(C(CC#N)C5CCCC5)c4)ncnc32)cc1. The lowest BCUT2D eigenvalue weighted by Crippen LogP contribution is -2.17. The molecule has 2 unspecified atom stereocenters. The second kappa shape index (κ2) is 10.7. The van der Waals surface area contributed by atoms with Crippen molar-refractivity contribution in [3.05, 3.63) is 66.4 Å². The van der Waals surface area contributed by atoms with E-state index in [9.17, 15) is 10.1 Å². The van der Waals surface area contributed by atoms with Gasteiger partial charge in [-0.25, -0.2) is 9.97 Å². The van der Waals surface area contributed by atoms with Crippen molar-refractivity contribution in [2.45, 2.75) is 71.3 Å². The van der Waals surface area contributed by atoms with E-state index >= 15 is 0 Å². The van der Waals surface area contributed by atoms with Crippen molar-refractivity contribution in [3.63, 3.8) is 0 Å². The first kappa shape index (κ1) is 24.9. The Morgan fingerprint density at radius 3 is 2.57 bits per heavy atom. The third kappa shape index (κ3) is 5.06. The Bertz CT molecular complexity index is 1420. The molecule has 0 spiro atoms. The highest BCUT2D eigenvalue weighted by Gasteiger charge is 2.27. The zero-order chi connectivity index (χ0) is 25.9. The van der Waals surface area contributed by atoms with Crippen LogP contribution in [0.2, 0.25) is 0 Å². The smallest absolute Gasteiger partial charge is 0.239 e. The van der Waals surface area contributed by atoms with Crippen molar-refractivity contribution >= 4 is 16.9 Å². The zero-order valence-electron chi connectivity index (χ0n) is 21.8. The van der Waals surface area contributed by atoms with E-state index < -0.39 is 0 Å². The van der Waals surface area contributed by atoms with Crippen LogP contribution in [-0.4, -0.2) is 30.2 Å². The molecular formula is C30H34N6O. The first-order chi connectivity index (χ1) is 18.0. The van der Waals surface area contributed by atoms with Gasteiger partial charge in [-0.1, -0.05) is 51.0 Å². The lowest BCUT2D eigenvalue weighted by molar-refractivity contribution is 0.0889. The van der Waals surface area contributed by atoms with Gasteiger partial charge in [-0.15, -0.1) is 0 Å². The fourth-order valence-electron chi connectivity index (χ4n) is 5.68. The lowest BCUT2D eigenvalue weighted by atomic mass is 9.96. The van der Waals surface area contributed by atoms with Gasteiger partial charge in [0.2, 0.25) is 5.91 Å². The van der Waals surface area contributed by atoms with Crippen LogP contribution in [0.1, 0.15) is 80.8 Å². The van der Waals surface area contributed by atoms with Crippen LogP contribution in [0.15, 0.2) is 55.2 Å². The molecular weight excluding hydrogens is 460 g/mol. The zero-order valence-corrected chi connectivity index (χ0v) is 21.8. The van der Waals surface area contributed by atoms with Crippen LogP contribution in [-0.2, 0) is 6.42 Å². The molecule has 4 aromatic rings. The Balaban J connectivity index is 1.41. The number of hydrogen-bond acceptors (Lipinski definition) is 5.